The highest BCUT2D eigenvalue weighted by Crippen LogP contribution is 2.38. The number of nitriles is 1. The Morgan fingerprint density at radius 3 is 2.95 bits per heavy atom. The highest BCUT2D eigenvalue weighted by molar-refractivity contribution is 7.84. The van der Waals surface area contributed by atoms with Gasteiger partial charge in [0, 0.05) is 18.1 Å². The summed E-state index contributed by atoms with van der Waals surface area (Å²) in [6, 6.07) is 5.71. The van der Waals surface area contributed by atoms with Crippen LogP contribution in [0.3, 0.4) is 0 Å². The SMILES string of the molecule is CCOC(=O)C1=C(C)NC(S)=C(C#N)C1c1cccnc1. The molecule has 0 fully saturated rings. The van der Waals surface area contributed by atoms with Crippen molar-refractivity contribution >= 4 is 18.6 Å². The van der Waals surface area contributed by atoms with Crippen LogP contribution < -0.4 is 5.32 Å². The lowest BCUT2D eigenvalue weighted by Crippen LogP contribution is -2.28. The van der Waals surface area contributed by atoms with Crippen LogP contribution in [0, 0.1) is 11.3 Å². The van der Waals surface area contributed by atoms with Crippen molar-refractivity contribution in [3.05, 3.63) is 52.0 Å². The van der Waals surface area contributed by atoms with Gasteiger partial charge < -0.3 is 10.1 Å². The molecule has 1 aromatic rings. The lowest BCUT2D eigenvalue weighted by Gasteiger charge is -2.27. The average molecular weight is 301 g/mol. The number of pyridine rings is 1. The highest BCUT2D eigenvalue weighted by Gasteiger charge is 2.34. The zero-order chi connectivity index (χ0) is 15.4. The number of nitrogens with one attached hydrogen (secondary N) is 1. The molecule has 0 aromatic carbocycles. The zero-order valence-corrected chi connectivity index (χ0v) is 12.6. The van der Waals surface area contributed by atoms with Crippen LogP contribution in [0.1, 0.15) is 25.3 Å². The number of carbonyl (C=O) groups is 1. The standard InChI is InChI=1S/C15H15N3O2S/c1-3-20-15(19)12-9(2)18-14(21)11(7-16)13(12)10-5-4-6-17-8-10/h4-6,8,13,18,21H,3H2,1-2H3. The van der Waals surface area contributed by atoms with Crippen LogP contribution in [-0.4, -0.2) is 17.6 Å². The number of hydrogen-bond acceptors (Lipinski definition) is 6. The summed E-state index contributed by atoms with van der Waals surface area (Å²) in [6.07, 6.45) is 3.28. The van der Waals surface area contributed by atoms with Crippen molar-refractivity contribution in [1.29, 1.82) is 5.26 Å². The number of rotatable bonds is 3. The van der Waals surface area contributed by atoms with Gasteiger partial charge >= 0.3 is 5.97 Å². The van der Waals surface area contributed by atoms with E-state index in [1.54, 1.807) is 32.3 Å². The molecule has 6 heteroatoms. The maximum Gasteiger partial charge on any atom is 0.336 e. The van der Waals surface area contributed by atoms with Crippen molar-refractivity contribution in [3.63, 3.8) is 0 Å². The molecule has 0 spiro atoms. The minimum atomic E-state index is -0.517. The summed E-state index contributed by atoms with van der Waals surface area (Å²) in [7, 11) is 0. The van der Waals surface area contributed by atoms with Crippen molar-refractivity contribution in [1.82, 2.24) is 10.3 Å². The summed E-state index contributed by atoms with van der Waals surface area (Å²) in [5.41, 5.74) is 2.18. The van der Waals surface area contributed by atoms with Gasteiger partial charge in [0.1, 0.15) is 0 Å². The molecule has 1 atom stereocenters. The van der Waals surface area contributed by atoms with Crippen LogP contribution in [0.2, 0.25) is 0 Å². The predicted molar refractivity (Wildman–Crippen MR) is 81.1 cm³/mol. The summed E-state index contributed by atoms with van der Waals surface area (Å²) in [5.74, 6) is -0.957. The number of allylic oxidation sites excluding steroid dienone is 2. The number of esters is 1. The number of aromatic nitrogens is 1. The van der Waals surface area contributed by atoms with Gasteiger partial charge in [0.2, 0.25) is 0 Å². The number of ether oxygens (including phenoxy) is 1. The minimum Gasteiger partial charge on any atom is -0.463 e. The van der Waals surface area contributed by atoms with E-state index < -0.39 is 11.9 Å². The normalized spacial score (nSPS) is 18.1. The summed E-state index contributed by atoms with van der Waals surface area (Å²) in [6.45, 7) is 3.78. The van der Waals surface area contributed by atoms with Gasteiger partial charge in [-0.3, -0.25) is 4.98 Å². The van der Waals surface area contributed by atoms with Crippen molar-refractivity contribution < 1.29 is 9.53 Å². The van der Waals surface area contributed by atoms with Crippen molar-refractivity contribution in [2.75, 3.05) is 6.61 Å². The van der Waals surface area contributed by atoms with Crippen molar-refractivity contribution in [3.8, 4) is 6.07 Å². The van der Waals surface area contributed by atoms with Gasteiger partial charge in [0.05, 0.1) is 34.8 Å². The molecule has 2 heterocycles. The first kappa shape index (κ1) is 15.1. The van der Waals surface area contributed by atoms with Gasteiger partial charge in [-0.05, 0) is 25.5 Å². The molecule has 1 aliphatic heterocycles. The molecule has 1 aromatic heterocycles. The third-order valence-corrected chi connectivity index (χ3v) is 3.53. The molecule has 1 aliphatic rings. The number of thiol groups is 1. The Hall–Kier alpha value is -2.26. The number of carbonyl (C=O) groups excluding carboxylic acids is 1. The summed E-state index contributed by atoms with van der Waals surface area (Å²) < 4.78 is 5.12. The van der Waals surface area contributed by atoms with Crippen molar-refractivity contribution in [2.24, 2.45) is 0 Å². The molecule has 0 radical (unpaired) electrons. The maximum absolute atomic E-state index is 12.3. The van der Waals surface area contributed by atoms with E-state index in [0.717, 1.165) is 5.56 Å². The molecule has 21 heavy (non-hydrogen) atoms. The first-order valence-corrected chi connectivity index (χ1v) is 6.92. The Morgan fingerprint density at radius 2 is 2.38 bits per heavy atom. The van der Waals surface area contributed by atoms with Crippen molar-refractivity contribution in [2.45, 2.75) is 19.8 Å². The molecule has 1 N–H and O–H groups in total. The van der Waals surface area contributed by atoms with Crippen LogP contribution in [0.25, 0.3) is 0 Å². The summed E-state index contributed by atoms with van der Waals surface area (Å²) in [4.78, 5) is 16.3. The maximum atomic E-state index is 12.3. The fourth-order valence-corrected chi connectivity index (χ4v) is 2.63. The highest BCUT2D eigenvalue weighted by atomic mass is 32.1. The van der Waals surface area contributed by atoms with Gasteiger partial charge in [0.25, 0.3) is 0 Å². The largest absolute Gasteiger partial charge is 0.463 e. The van der Waals surface area contributed by atoms with Gasteiger partial charge in [-0.25, -0.2) is 4.79 Å². The topological polar surface area (TPSA) is 75.0 Å². The van der Waals surface area contributed by atoms with Crippen LogP contribution >= 0.6 is 12.6 Å². The van der Waals surface area contributed by atoms with E-state index in [1.807, 2.05) is 6.07 Å². The monoisotopic (exact) mass is 301 g/mol. The molecular formula is C15H15N3O2S. The Bertz CT molecular complexity index is 659. The summed E-state index contributed by atoms with van der Waals surface area (Å²) in [5, 5.41) is 12.8. The van der Waals surface area contributed by atoms with Crippen LogP contribution in [0.4, 0.5) is 0 Å². The molecule has 0 saturated heterocycles. The van der Waals surface area contributed by atoms with E-state index in [-0.39, 0.29) is 6.61 Å². The number of nitrogens with zero attached hydrogens (tertiary/aromatic N) is 2. The molecule has 0 bridgehead atoms. The van der Waals surface area contributed by atoms with E-state index in [4.69, 9.17) is 4.74 Å². The molecule has 0 amide bonds. The predicted octanol–water partition coefficient (Wildman–Crippen LogP) is 2.27. The third kappa shape index (κ3) is 2.93. The van der Waals surface area contributed by atoms with E-state index in [9.17, 15) is 10.1 Å². The third-order valence-electron chi connectivity index (χ3n) is 3.18. The van der Waals surface area contributed by atoms with Gasteiger partial charge in [0.15, 0.2) is 0 Å². The fourth-order valence-electron chi connectivity index (χ4n) is 2.29. The van der Waals surface area contributed by atoms with Gasteiger partial charge in [-0.15, -0.1) is 12.6 Å². The van der Waals surface area contributed by atoms with Crippen LogP contribution in [0.15, 0.2) is 46.4 Å². The second-order valence-corrected chi connectivity index (χ2v) is 4.92. The van der Waals surface area contributed by atoms with Gasteiger partial charge in [-0.2, -0.15) is 5.26 Å². The molecule has 2 rings (SSSR count). The summed E-state index contributed by atoms with van der Waals surface area (Å²) >= 11 is 4.31. The van der Waals surface area contributed by atoms with E-state index in [0.29, 0.717) is 21.9 Å². The number of dihydropyridines is 1. The number of hydrogen-bond donors (Lipinski definition) is 2. The smallest absolute Gasteiger partial charge is 0.336 e. The first-order chi connectivity index (χ1) is 10.1. The van der Waals surface area contributed by atoms with Crippen LogP contribution in [-0.2, 0) is 9.53 Å². The molecular weight excluding hydrogens is 286 g/mol. The second-order valence-electron chi connectivity index (χ2n) is 4.48. The Kier molecular flexibility index (Phi) is 4.66. The molecule has 108 valence electrons. The fraction of sp³-hybridized carbons (Fsp3) is 0.267. The average Bonchev–Trinajstić information content (AvgIpc) is 2.47. The van der Waals surface area contributed by atoms with E-state index in [2.05, 4.69) is 29.0 Å². The first-order valence-electron chi connectivity index (χ1n) is 6.48. The quantitative estimate of drug-likeness (QED) is 0.661. The van der Waals surface area contributed by atoms with Gasteiger partial charge in [-0.1, -0.05) is 6.07 Å². The van der Waals surface area contributed by atoms with Crippen LogP contribution in [0.5, 0.6) is 0 Å². The Labute approximate surface area is 128 Å². The molecule has 1 unspecified atom stereocenters. The lowest BCUT2D eigenvalue weighted by atomic mass is 9.83. The molecule has 0 saturated carbocycles. The molecule has 0 aliphatic carbocycles. The second kappa shape index (κ2) is 6.46. The zero-order valence-electron chi connectivity index (χ0n) is 11.8. The lowest BCUT2D eigenvalue weighted by molar-refractivity contribution is -0.138. The Morgan fingerprint density at radius 1 is 1.62 bits per heavy atom. The van der Waals surface area contributed by atoms with E-state index >= 15 is 0 Å². The molecule has 5 nitrogen and oxygen atoms in total. The Balaban J connectivity index is 2.58. The van der Waals surface area contributed by atoms with E-state index in [1.165, 1.54) is 0 Å². The minimum absolute atomic E-state index is 0.273.